The maximum absolute atomic E-state index is 13.9. The van der Waals surface area contributed by atoms with Gasteiger partial charge in [-0.15, -0.1) is 0 Å². The summed E-state index contributed by atoms with van der Waals surface area (Å²) in [5.74, 6) is -4.35. The maximum Gasteiger partial charge on any atom is 0.335 e. The van der Waals surface area contributed by atoms with Crippen molar-refractivity contribution in [2.75, 3.05) is 19.8 Å². The molecular formula is C64H100O28. The Bertz CT molecular complexity index is 2760. The van der Waals surface area contributed by atoms with E-state index in [2.05, 4.69) is 19.9 Å². The molecule has 0 aromatic heterocycles. The zero-order valence-corrected chi connectivity index (χ0v) is 54.3. The molecule has 92 heavy (non-hydrogen) atoms. The number of hydrogen-bond acceptors (Lipinski definition) is 27. The number of ether oxygens (including phenoxy) is 10. The van der Waals surface area contributed by atoms with Crippen molar-refractivity contribution in [2.45, 2.75) is 275 Å². The topological polar surface area (TPSA) is 447 Å². The fourth-order valence-electron chi connectivity index (χ4n) is 17.8. The Morgan fingerprint density at radius 3 is 1.66 bits per heavy atom. The van der Waals surface area contributed by atoms with Gasteiger partial charge in [0.1, 0.15) is 91.6 Å². The van der Waals surface area contributed by atoms with Crippen LogP contribution in [-0.4, -0.2) is 268 Å². The molecule has 0 aromatic rings. The highest BCUT2D eigenvalue weighted by Crippen LogP contribution is 2.76. The Morgan fingerprint density at radius 2 is 1.10 bits per heavy atom. The lowest BCUT2D eigenvalue weighted by Gasteiger charge is -2.73. The molecule has 15 N–H and O–H groups in total. The lowest BCUT2D eigenvalue weighted by molar-refractivity contribution is -0.406. The minimum Gasteiger partial charge on any atom is -0.479 e. The van der Waals surface area contributed by atoms with E-state index in [1.807, 2.05) is 34.6 Å². The Kier molecular flexibility index (Phi) is 21.3. The van der Waals surface area contributed by atoms with Crippen LogP contribution < -0.4 is 0 Å². The van der Waals surface area contributed by atoms with Gasteiger partial charge in [-0.1, -0.05) is 72.3 Å². The third kappa shape index (κ3) is 11.8. The number of esters is 2. The molecule has 9 aliphatic rings. The van der Waals surface area contributed by atoms with Crippen molar-refractivity contribution in [1.29, 1.82) is 0 Å². The Morgan fingerprint density at radius 1 is 0.576 bits per heavy atom. The van der Waals surface area contributed by atoms with Gasteiger partial charge in [-0.05, 0) is 107 Å². The number of aliphatic hydroxyl groups excluding tert-OH is 14. The van der Waals surface area contributed by atoms with E-state index in [0.717, 1.165) is 5.57 Å². The van der Waals surface area contributed by atoms with Crippen molar-refractivity contribution in [3.8, 4) is 0 Å². The summed E-state index contributed by atoms with van der Waals surface area (Å²) >= 11 is 0. The number of carboxylic acid groups (broad SMARTS) is 1. The van der Waals surface area contributed by atoms with Crippen molar-refractivity contribution in [3.63, 3.8) is 0 Å². The molecule has 5 aliphatic carbocycles. The van der Waals surface area contributed by atoms with E-state index in [1.54, 1.807) is 39.8 Å². The van der Waals surface area contributed by atoms with Crippen LogP contribution in [0.4, 0.5) is 0 Å². The molecule has 9 rings (SSSR count). The quantitative estimate of drug-likeness (QED) is 0.0361. The van der Waals surface area contributed by atoms with Crippen LogP contribution in [-0.2, 0) is 61.8 Å². The smallest absolute Gasteiger partial charge is 0.335 e. The SMILES string of the molecule is C/C=C(\C)C(=O)O[C@H]1[C@H](OC(=O)/C(C)=C/C)[C@]2(CO)[C@H](O)[C@H](O)[C@]3(C)C(=CC[C@@H]4[C@@]5(C)CC[C@H](O[C@@H]6O[C@H](C(=O)O)[C@@H](O)[C@H](O[C@@H]7O[C@H](CO)[C@H](O)[C@H](O)[C@H]7OC7OC(C)C(O)C(O)C7O)[C@H]6O[C@@H]6O[C@H](CO)[C@H](O)[C@H](O)[C@H]6O)C(C)(C)[C@@H]5CC[C@]43C)[C@@H]2CC1(C)C. The molecule has 4 heterocycles. The first kappa shape index (κ1) is 73.0. The van der Waals surface area contributed by atoms with Gasteiger partial charge >= 0.3 is 17.9 Å². The van der Waals surface area contributed by atoms with Gasteiger partial charge in [-0.2, -0.15) is 0 Å². The zero-order valence-electron chi connectivity index (χ0n) is 54.3. The second-order valence-electron chi connectivity index (χ2n) is 29.3. The number of allylic oxidation sites excluding steroid dienone is 3. The van der Waals surface area contributed by atoms with E-state index in [1.165, 1.54) is 6.92 Å². The average molecular weight is 1320 g/mol. The molecule has 0 aromatic carbocycles. The fourth-order valence-corrected chi connectivity index (χ4v) is 17.8. The third-order valence-corrected chi connectivity index (χ3v) is 23.8. The first-order chi connectivity index (χ1) is 42.9. The summed E-state index contributed by atoms with van der Waals surface area (Å²) in [6.45, 7) is 19.2. The predicted octanol–water partition coefficient (Wildman–Crippen LogP) is -1.52. The van der Waals surface area contributed by atoms with Crippen LogP contribution in [0.25, 0.3) is 0 Å². The molecule has 32 atom stereocenters. The minimum atomic E-state index is -2.31. The first-order valence-corrected chi connectivity index (χ1v) is 32.1. The minimum absolute atomic E-state index is 0.220. The van der Waals surface area contributed by atoms with Crippen LogP contribution in [0.5, 0.6) is 0 Å². The molecule has 28 heteroatoms. The van der Waals surface area contributed by atoms with Gasteiger partial charge in [0.15, 0.2) is 37.4 Å². The van der Waals surface area contributed by atoms with Gasteiger partial charge in [0.2, 0.25) is 0 Å². The number of carbonyl (C=O) groups excluding carboxylic acids is 2. The second kappa shape index (κ2) is 26.9. The van der Waals surface area contributed by atoms with E-state index in [4.69, 9.17) is 47.4 Å². The summed E-state index contributed by atoms with van der Waals surface area (Å²) < 4.78 is 61.7. The summed E-state index contributed by atoms with van der Waals surface area (Å²) in [5.41, 5.74) is -4.87. The second-order valence-corrected chi connectivity index (χ2v) is 29.3. The number of carbonyl (C=O) groups is 3. The Hall–Kier alpha value is -3.25. The molecule has 0 radical (unpaired) electrons. The van der Waals surface area contributed by atoms with Gasteiger partial charge in [-0.3, -0.25) is 0 Å². The van der Waals surface area contributed by atoms with E-state index >= 15 is 0 Å². The lowest BCUT2D eigenvalue weighted by Crippen LogP contribution is -2.76. The van der Waals surface area contributed by atoms with Gasteiger partial charge in [0.05, 0.1) is 49.7 Å². The first-order valence-electron chi connectivity index (χ1n) is 32.1. The number of aliphatic hydroxyl groups is 14. The predicted molar refractivity (Wildman–Crippen MR) is 314 cm³/mol. The standard InChI is InChI=1S/C64H100O28/c1-13-25(3)53(81)91-50-51(92-54(82)26(4)14-2)64(24-67)29(21-59(50,6)7)28-15-16-33-61(10)19-18-34(60(8,9)32(61)17-20-62(33,11)63(28,12)48(77)49(64)78)86-58-47(90-56-42(75)39(72)36(69)30(22-65)84-56)44(43(76)45(88-58)52(79)80)87-57-46(40(73)37(70)31(23-66)85-57)89-55-41(74)38(71)35(68)27(5)83-55/h13-15,27,29-51,55-58,65-78H,16-24H2,1-12H3,(H,79,80)/b25-13+,26-14+/t27?,29-,30+,31+,32-,33+,34-,35?,36-,37-,38?,39-,40-,41?,42+,43-,44-,45-,46+,47+,48-,49+,50-,51-,55?,56-,57-,58+,61-,62+,63-,64-/m0/s1. The van der Waals surface area contributed by atoms with Crippen molar-refractivity contribution in [3.05, 3.63) is 34.9 Å². The summed E-state index contributed by atoms with van der Waals surface area (Å²) in [7, 11) is 0. The number of carboxylic acids is 1. The molecule has 5 unspecified atom stereocenters. The number of rotatable bonds is 16. The van der Waals surface area contributed by atoms with E-state index in [0.29, 0.717) is 25.7 Å². The van der Waals surface area contributed by atoms with Gasteiger partial charge in [0, 0.05) is 22.0 Å². The van der Waals surface area contributed by atoms with Crippen LogP contribution in [0.1, 0.15) is 122 Å². The monoisotopic (exact) mass is 1320 g/mol. The van der Waals surface area contributed by atoms with E-state index < -0.39 is 229 Å². The molecule has 4 saturated carbocycles. The van der Waals surface area contributed by atoms with Crippen LogP contribution in [0.3, 0.4) is 0 Å². The van der Waals surface area contributed by atoms with Crippen molar-refractivity contribution >= 4 is 17.9 Å². The molecule has 4 saturated heterocycles. The fraction of sp³-hybridized carbons (Fsp3) is 0.859. The van der Waals surface area contributed by atoms with Gasteiger partial charge in [-0.25, -0.2) is 14.4 Å². The van der Waals surface area contributed by atoms with Gasteiger partial charge in [0.25, 0.3) is 0 Å². The summed E-state index contributed by atoms with van der Waals surface area (Å²) in [6, 6.07) is 0. The maximum atomic E-state index is 13.9. The Labute approximate surface area is 534 Å². The Balaban J connectivity index is 1.07. The molecule has 28 nitrogen and oxygen atoms in total. The molecule has 4 aliphatic heterocycles. The third-order valence-electron chi connectivity index (χ3n) is 23.8. The number of aliphatic carboxylic acids is 1. The van der Waals surface area contributed by atoms with Crippen molar-refractivity contribution < 1.29 is 138 Å². The molecule has 0 amide bonds. The van der Waals surface area contributed by atoms with Crippen LogP contribution in [0.2, 0.25) is 0 Å². The molecular weight excluding hydrogens is 1220 g/mol. The highest BCUT2D eigenvalue weighted by Gasteiger charge is 2.77. The summed E-state index contributed by atoms with van der Waals surface area (Å²) in [5, 5.41) is 170. The van der Waals surface area contributed by atoms with E-state index in [-0.39, 0.29) is 35.8 Å². The zero-order chi connectivity index (χ0) is 68.2. The van der Waals surface area contributed by atoms with Crippen LogP contribution >= 0.6 is 0 Å². The van der Waals surface area contributed by atoms with Crippen molar-refractivity contribution in [2.24, 2.45) is 50.2 Å². The van der Waals surface area contributed by atoms with E-state index in [9.17, 15) is 91.0 Å². The molecule has 0 bridgehead atoms. The lowest BCUT2D eigenvalue weighted by atomic mass is 9.32. The number of hydrogen-bond donors (Lipinski definition) is 15. The highest BCUT2D eigenvalue weighted by atomic mass is 16.8. The van der Waals surface area contributed by atoms with Crippen molar-refractivity contribution in [1.82, 2.24) is 0 Å². The largest absolute Gasteiger partial charge is 0.479 e. The van der Waals surface area contributed by atoms with Crippen LogP contribution in [0.15, 0.2) is 34.9 Å². The number of fused-ring (bicyclic) bond motifs is 7. The molecule has 524 valence electrons. The van der Waals surface area contributed by atoms with Crippen LogP contribution in [0, 0.1) is 50.2 Å². The normalized spacial score (nSPS) is 50.2. The molecule has 0 spiro atoms. The van der Waals surface area contributed by atoms with Gasteiger partial charge < -0.3 is 124 Å². The summed E-state index contributed by atoms with van der Waals surface area (Å²) in [6.07, 6.45) is -37.8. The summed E-state index contributed by atoms with van der Waals surface area (Å²) in [4.78, 5) is 40.9. The highest BCUT2D eigenvalue weighted by molar-refractivity contribution is 5.89. The molecule has 8 fully saturated rings. The average Bonchev–Trinajstić information content (AvgIpc) is 0.663.